The van der Waals surface area contributed by atoms with Gasteiger partial charge < -0.3 is 10.4 Å². The summed E-state index contributed by atoms with van der Waals surface area (Å²) in [6.45, 7) is 1.87. The van der Waals surface area contributed by atoms with Gasteiger partial charge >= 0.3 is 0 Å². The van der Waals surface area contributed by atoms with Gasteiger partial charge in [-0.25, -0.2) is 4.39 Å². The summed E-state index contributed by atoms with van der Waals surface area (Å²) in [5.41, 5.74) is 0.842. The molecule has 0 bridgehead atoms. The number of halogens is 1. The first-order valence-corrected chi connectivity index (χ1v) is 8.44. The number of aliphatic hydroxyl groups excluding tert-OH is 1. The molecule has 2 N–H and O–H groups in total. The van der Waals surface area contributed by atoms with Crippen LogP contribution >= 0.6 is 11.8 Å². The molecule has 0 radical (unpaired) electrons. The molecule has 0 saturated carbocycles. The smallest absolute Gasteiger partial charge is 0.230 e. The lowest BCUT2D eigenvalue weighted by Gasteiger charge is -2.18. The highest BCUT2D eigenvalue weighted by Crippen LogP contribution is 2.19. The third kappa shape index (κ3) is 6.04. The Morgan fingerprint density at radius 1 is 1.17 bits per heavy atom. The summed E-state index contributed by atoms with van der Waals surface area (Å²) in [6.07, 6.45) is -0.145. The second kappa shape index (κ2) is 8.70. The molecule has 2 aromatic carbocycles. The number of thioether (sulfide) groups is 1. The van der Waals surface area contributed by atoms with Gasteiger partial charge in [-0.3, -0.25) is 4.79 Å². The van der Waals surface area contributed by atoms with Crippen molar-refractivity contribution in [2.75, 3.05) is 5.75 Å². The molecule has 0 heterocycles. The molecule has 1 amide bonds. The van der Waals surface area contributed by atoms with E-state index in [4.69, 9.17) is 0 Å². The second-order valence-electron chi connectivity index (χ2n) is 5.37. The summed E-state index contributed by atoms with van der Waals surface area (Å²) in [5, 5.41) is 13.0. The number of amides is 1. The number of aliphatic hydroxyl groups is 1. The van der Waals surface area contributed by atoms with E-state index < -0.39 is 6.10 Å². The van der Waals surface area contributed by atoms with Crippen LogP contribution in [0, 0.1) is 5.82 Å². The molecule has 2 aromatic rings. The topological polar surface area (TPSA) is 49.3 Å². The lowest BCUT2D eigenvalue weighted by molar-refractivity contribution is -0.119. The lowest BCUT2D eigenvalue weighted by atomic mass is 10.0. The summed E-state index contributed by atoms with van der Waals surface area (Å²) >= 11 is 1.35. The zero-order valence-corrected chi connectivity index (χ0v) is 13.7. The minimum absolute atomic E-state index is 0.105. The molecule has 0 spiro atoms. The molecule has 0 aromatic heterocycles. The zero-order valence-electron chi connectivity index (χ0n) is 12.9. The first-order valence-electron chi connectivity index (χ1n) is 7.45. The van der Waals surface area contributed by atoms with E-state index in [1.807, 2.05) is 37.3 Å². The molecule has 0 aliphatic rings. The Morgan fingerprint density at radius 2 is 1.83 bits per heavy atom. The van der Waals surface area contributed by atoms with Crippen molar-refractivity contribution in [2.24, 2.45) is 0 Å². The summed E-state index contributed by atoms with van der Waals surface area (Å²) in [5.74, 6) is -0.133. The van der Waals surface area contributed by atoms with E-state index in [0.29, 0.717) is 6.42 Å². The number of rotatable bonds is 7. The van der Waals surface area contributed by atoms with E-state index in [1.165, 1.54) is 23.9 Å². The van der Waals surface area contributed by atoms with E-state index in [2.05, 4.69) is 5.32 Å². The van der Waals surface area contributed by atoms with Gasteiger partial charge in [0.15, 0.2) is 0 Å². The molecule has 2 unspecified atom stereocenters. The largest absolute Gasteiger partial charge is 0.388 e. The minimum Gasteiger partial charge on any atom is -0.388 e. The molecule has 5 heteroatoms. The highest BCUT2D eigenvalue weighted by atomic mass is 32.2. The molecule has 3 nitrogen and oxygen atoms in total. The number of hydrogen-bond acceptors (Lipinski definition) is 3. The van der Waals surface area contributed by atoms with Crippen LogP contribution in [0.25, 0.3) is 0 Å². The van der Waals surface area contributed by atoms with Crippen LogP contribution in [0.2, 0.25) is 0 Å². The van der Waals surface area contributed by atoms with E-state index in [9.17, 15) is 14.3 Å². The van der Waals surface area contributed by atoms with Crippen molar-refractivity contribution in [3.05, 3.63) is 66.0 Å². The van der Waals surface area contributed by atoms with E-state index in [1.54, 1.807) is 12.1 Å². The Hall–Kier alpha value is -1.85. The number of carbonyl (C=O) groups is 1. The fraction of sp³-hybridized carbons (Fsp3) is 0.278. The Kier molecular flexibility index (Phi) is 6.62. The van der Waals surface area contributed by atoms with Crippen molar-refractivity contribution in [3.63, 3.8) is 0 Å². The Balaban J connectivity index is 1.75. The zero-order chi connectivity index (χ0) is 16.7. The Morgan fingerprint density at radius 3 is 2.48 bits per heavy atom. The molecular formula is C18H20FNO2S. The SMILES string of the molecule is CC(CC(O)c1ccccc1)NC(=O)CSc1ccc(F)cc1. The van der Waals surface area contributed by atoms with Gasteiger partial charge in [0, 0.05) is 10.9 Å². The van der Waals surface area contributed by atoms with Crippen LogP contribution < -0.4 is 5.32 Å². The van der Waals surface area contributed by atoms with Crippen LogP contribution in [-0.4, -0.2) is 22.8 Å². The van der Waals surface area contributed by atoms with Crippen LogP contribution in [0.4, 0.5) is 4.39 Å². The Bertz CT molecular complexity index is 619. The number of nitrogens with one attached hydrogen (secondary N) is 1. The van der Waals surface area contributed by atoms with Gasteiger partial charge in [0.2, 0.25) is 5.91 Å². The first-order chi connectivity index (χ1) is 11.0. The quantitative estimate of drug-likeness (QED) is 0.762. The second-order valence-corrected chi connectivity index (χ2v) is 6.42. The normalized spacial score (nSPS) is 13.3. The molecule has 0 fully saturated rings. The van der Waals surface area contributed by atoms with E-state index >= 15 is 0 Å². The van der Waals surface area contributed by atoms with Crippen molar-refractivity contribution in [1.29, 1.82) is 0 Å². The molecule has 0 saturated heterocycles. The summed E-state index contributed by atoms with van der Waals surface area (Å²) in [6, 6.07) is 15.3. The lowest BCUT2D eigenvalue weighted by Crippen LogP contribution is -2.34. The molecule has 23 heavy (non-hydrogen) atoms. The average molecular weight is 333 g/mol. The molecule has 0 aliphatic carbocycles. The minimum atomic E-state index is -0.601. The molecular weight excluding hydrogens is 313 g/mol. The van der Waals surface area contributed by atoms with Crippen LogP contribution in [0.1, 0.15) is 25.0 Å². The van der Waals surface area contributed by atoms with E-state index in [-0.39, 0.29) is 23.5 Å². The van der Waals surface area contributed by atoms with Crippen molar-refractivity contribution >= 4 is 17.7 Å². The van der Waals surface area contributed by atoms with Gasteiger partial charge in [-0.2, -0.15) is 0 Å². The highest BCUT2D eigenvalue weighted by molar-refractivity contribution is 8.00. The fourth-order valence-corrected chi connectivity index (χ4v) is 2.91. The molecule has 2 atom stereocenters. The number of benzene rings is 2. The maximum atomic E-state index is 12.8. The van der Waals surface area contributed by atoms with Gasteiger partial charge in [-0.1, -0.05) is 30.3 Å². The summed E-state index contributed by atoms with van der Waals surface area (Å²) in [7, 11) is 0. The third-order valence-corrected chi connectivity index (χ3v) is 4.36. The molecule has 122 valence electrons. The Labute approximate surface area is 139 Å². The van der Waals surface area contributed by atoms with Gasteiger partial charge in [0.05, 0.1) is 11.9 Å². The van der Waals surface area contributed by atoms with Crippen molar-refractivity contribution in [3.8, 4) is 0 Å². The van der Waals surface area contributed by atoms with Crippen molar-refractivity contribution in [2.45, 2.75) is 30.4 Å². The first kappa shape index (κ1) is 17.5. The standard InChI is InChI=1S/C18H20FNO2S/c1-13(11-17(21)14-5-3-2-4-6-14)20-18(22)12-23-16-9-7-15(19)8-10-16/h2-10,13,17,21H,11-12H2,1H3,(H,20,22). The van der Waals surface area contributed by atoms with Crippen LogP contribution in [0.15, 0.2) is 59.5 Å². The van der Waals surface area contributed by atoms with Crippen molar-refractivity contribution in [1.82, 2.24) is 5.32 Å². The van der Waals surface area contributed by atoms with Crippen LogP contribution in [-0.2, 0) is 4.79 Å². The summed E-state index contributed by atoms with van der Waals surface area (Å²) < 4.78 is 12.8. The predicted octanol–water partition coefficient (Wildman–Crippen LogP) is 3.55. The fourth-order valence-electron chi connectivity index (χ4n) is 2.20. The monoisotopic (exact) mass is 333 g/mol. The maximum absolute atomic E-state index is 12.8. The van der Waals surface area contributed by atoms with Crippen LogP contribution in [0.3, 0.4) is 0 Å². The average Bonchev–Trinajstić information content (AvgIpc) is 2.55. The van der Waals surface area contributed by atoms with Gasteiger partial charge in [0.25, 0.3) is 0 Å². The number of carbonyl (C=O) groups excluding carboxylic acids is 1. The van der Waals surface area contributed by atoms with Gasteiger partial charge in [-0.05, 0) is 43.2 Å². The van der Waals surface area contributed by atoms with Crippen LogP contribution in [0.5, 0.6) is 0 Å². The summed E-state index contributed by atoms with van der Waals surface area (Å²) in [4.78, 5) is 12.8. The maximum Gasteiger partial charge on any atom is 0.230 e. The molecule has 0 aliphatic heterocycles. The number of hydrogen-bond donors (Lipinski definition) is 2. The molecule has 2 rings (SSSR count). The highest BCUT2D eigenvalue weighted by Gasteiger charge is 2.14. The van der Waals surface area contributed by atoms with Crippen molar-refractivity contribution < 1.29 is 14.3 Å². The van der Waals surface area contributed by atoms with Gasteiger partial charge in [0.1, 0.15) is 5.82 Å². The predicted molar refractivity (Wildman–Crippen MR) is 90.7 cm³/mol. The van der Waals surface area contributed by atoms with Gasteiger partial charge in [-0.15, -0.1) is 11.8 Å². The van der Waals surface area contributed by atoms with E-state index in [0.717, 1.165) is 10.5 Å². The third-order valence-electron chi connectivity index (χ3n) is 3.35.